The van der Waals surface area contributed by atoms with E-state index in [-0.39, 0.29) is 12.2 Å². The van der Waals surface area contributed by atoms with Gasteiger partial charge in [0.25, 0.3) is 0 Å². The molecular formula is C12H20N2O3. The molecule has 2 heterocycles. The summed E-state index contributed by atoms with van der Waals surface area (Å²) in [7, 11) is 0. The monoisotopic (exact) mass is 240 g/mol. The summed E-state index contributed by atoms with van der Waals surface area (Å²) >= 11 is 0. The van der Waals surface area contributed by atoms with Crippen molar-refractivity contribution in [2.45, 2.75) is 36.5 Å². The van der Waals surface area contributed by atoms with Gasteiger partial charge in [-0.15, -0.1) is 13.2 Å². The minimum absolute atomic E-state index is 0.119. The van der Waals surface area contributed by atoms with Gasteiger partial charge in [-0.3, -0.25) is 0 Å². The maximum atomic E-state index is 6.21. The minimum atomic E-state index is -0.925. The van der Waals surface area contributed by atoms with Gasteiger partial charge in [0.15, 0.2) is 11.4 Å². The Kier molecular flexibility index (Phi) is 3.38. The van der Waals surface area contributed by atoms with E-state index in [0.29, 0.717) is 26.1 Å². The third-order valence-corrected chi connectivity index (χ3v) is 3.06. The average molecular weight is 240 g/mol. The molecule has 2 aliphatic heterocycles. The number of ether oxygens (including phenoxy) is 3. The molecule has 2 rings (SSSR count). The molecule has 2 fully saturated rings. The molecule has 0 aromatic carbocycles. The van der Waals surface area contributed by atoms with Crippen LogP contribution >= 0.6 is 0 Å². The fraction of sp³-hybridized carbons (Fsp3) is 0.667. The molecule has 4 unspecified atom stereocenters. The predicted octanol–water partition coefficient (Wildman–Crippen LogP) is 0.263. The first-order valence-electron chi connectivity index (χ1n) is 5.77. The maximum absolute atomic E-state index is 6.21. The fourth-order valence-corrected chi connectivity index (χ4v) is 1.94. The molecule has 2 aliphatic rings. The van der Waals surface area contributed by atoms with E-state index in [9.17, 15) is 0 Å². The lowest BCUT2D eigenvalue weighted by Gasteiger charge is -2.37. The van der Waals surface area contributed by atoms with Crippen LogP contribution in [0.25, 0.3) is 0 Å². The molecule has 0 saturated carbocycles. The van der Waals surface area contributed by atoms with Gasteiger partial charge >= 0.3 is 0 Å². The van der Waals surface area contributed by atoms with Crippen LogP contribution < -0.4 is 11.5 Å². The zero-order valence-electron chi connectivity index (χ0n) is 9.93. The van der Waals surface area contributed by atoms with Crippen molar-refractivity contribution in [2.24, 2.45) is 11.5 Å². The summed E-state index contributed by atoms with van der Waals surface area (Å²) < 4.78 is 16.4. The van der Waals surface area contributed by atoms with Crippen LogP contribution in [0.4, 0.5) is 0 Å². The van der Waals surface area contributed by atoms with Crippen molar-refractivity contribution in [3.05, 3.63) is 25.3 Å². The standard InChI is InChI=1S/C12H20N2O3/c1-3-5-11(13,9-7-15-9)17-12(14,6-4-2)10-8-16-10/h3-4,9-10H,1-2,5-8,13-14H2. The van der Waals surface area contributed by atoms with E-state index < -0.39 is 11.4 Å². The Morgan fingerprint density at radius 1 is 1.06 bits per heavy atom. The van der Waals surface area contributed by atoms with E-state index in [0.717, 1.165) is 0 Å². The maximum Gasteiger partial charge on any atom is 0.151 e. The molecule has 0 bridgehead atoms. The summed E-state index contributed by atoms with van der Waals surface area (Å²) in [5, 5.41) is 0. The SMILES string of the molecule is C=CCC(N)(OC(N)(CC=C)C1CO1)C1CO1. The third-order valence-electron chi connectivity index (χ3n) is 3.06. The molecule has 0 amide bonds. The van der Waals surface area contributed by atoms with E-state index in [1.54, 1.807) is 12.2 Å². The zero-order valence-corrected chi connectivity index (χ0v) is 9.93. The minimum Gasteiger partial charge on any atom is -0.368 e. The van der Waals surface area contributed by atoms with Crippen LogP contribution in [0.3, 0.4) is 0 Å². The lowest BCUT2D eigenvalue weighted by Crippen LogP contribution is -2.60. The van der Waals surface area contributed by atoms with Crippen molar-refractivity contribution in [2.75, 3.05) is 13.2 Å². The van der Waals surface area contributed by atoms with Crippen LogP contribution in [-0.4, -0.2) is 36.9 Å². The number of hydrogen-bond acceptors (Lipinski definition) is 5. The van der Waals surface area contributed by atoms with Gasteiger partial charge in [0.2, 0.25) is 0 Å². The molecule has 17 heavy (non-hydrogen) atoms. The molecule has 0 aromatic heterocycles. The first kappa shape index (κ1) is 12.7. The molecule has 0 aromatic rings. The first-order valence-corrected chi connectivity index (χ1v) is 5.77. The number of nitrogens with two attached hydrogens (primary N) is 2. The van der Waals surface area contributed by atoms with Crippen molar-refractivity contribution in [3.8, 4) is 0 Å². The molecule has 4 N–H and O–H groups in total. The highest BCUT2D eigenvalue weighted by atomic mass is 16.7. The Morgan fingerprint density at radius 3 is 1.65 bits per heavy atom. The molecule has 0 spiro atoms. The second-order valence-electron chi connectivity index (χ2n) is 4.64. The highest BCUT2D eigenvalue weighted by Crippen LogP contribution is 2.36. The van der Waals surface area contributed by atoms with Gasteiger partial charge < -0.3 is 25.7 Å². The predicted molar refractivity (Wildman–Crippen MR) is 64.0 cm³/mol. The van der Waals surface area contributed by atoms with Crippen molar-refractivity contribution in [3.63, 3.8) is 0 Å². The molecule has 4 atom stereocenters. The van der Waals surface area contributed by atoms with Gasteiger partial charge in [0, 0.05) is 12.8 Å². The highest BCUT2D eigenvalue weighted by molar-refractivity contribution is 5.02. The molecule has 5 nitrogen and oxygen atoms in total. The van der Waals surface area contributed by atoms with Crippen molar-refractivity contribution >= 4 is 0 Å². The second-order valence-corrected chi connectivity index (χ2v) is 4.64. The van der Waals surface area contributed by atoms with Crippen LogP contribution in [0.15, 0.2) is 25.3 Å². The molecule has 0 radical (unpaired) electrons. The van der Waals surface area contributed by atoms with E-state index in [2.05, 4.69) is 13.2 Å². The molecule has 5 heteroatoms. The van der Waals surface area contributed by atoms with Crippen LogP contribution in [0.1, 0.15) is 12.8 Å². The Bertz CT molecular complexity index is 285. The van der Waals surface area contributed by atoms with Crippen molar-refractivity contribution in [1.29, 1.82) is 0 Å². The molecular weight excluding hydrogens is 220 g/mol. The molecule has 2 saturated heterocycles. The number of rotatable bonds is 8. The van der Waals surface area contributed by atoms with Crippen LogP contribution in [0, 0.1) is 0 Å². The van der Waals surface area contributed by atoms with Gasteiger partial charge in [-0.25, -0.2) is 0 Å². The molecule has 0 aliphatic carbocycles. The Labute approximate surface area is 101 Å². The van der Waals surface area contributed by atoms with Gasteiger partial charge in [-0.2, -0.15) is 0 Å². The zero-order chi connectivity index (χ0) is 12.5. The lowest BCUT2D eigenvalue weighted by molar-refractivity contribution is -0.169. The Hall–Kier alpha value is -0.720. The quantitative estimate of drug-likeness (QED) is 0.361. The summed E-state index contributed by atoms with van der Waals surface area (Å²) in [6, 6.07) is 0. The fourth-order valence-electron chi connectivity index (χ4n) is 1.94. The summed E-state index contributed by atoms with van der Waals surface area (Å²) in [5.41, 5.74) is 10.6. The summed E-state index contributed by atoms with van der Waals surface area (Å²) in [5.74, 6) is 0. The van der Waals surface area contributed by atoms with E-state index in [1.165, 1.54) is 0 Å². The average Bonchev–Trinajstić information content (AvgIpc) is 3.10. The van der Waals surface area contributed by atoms with Gasteiger partial charge in [-0.05, 0) is 0 Å². The van der Waals surface area contributed by atoms with Crippen LogP contribution in [0.2, 0.25) is 0 Å². The second kappa shape index (κ2) is 4.51. The van der Waals surface area contributed by atoms with Gasteiger partial charge in [0.05, 0.1) is 13.2 Å². The number of hydrogen-bond donors (Lipinski definition) is 2. The van der Waals surface area contributed by atoms with E-state index >= 15 is 0 Å². The third kappa shape index (κ3) is 2.75. The van der Waals surface area contributed by atoms with E-state index in [4.69, 9.17) is 25.7 Å². The van der Waals surface area contributed by atoms with Gasteiger partial charge in [0.1, 0.15) is 12.2 Å². The normalized spacial score (nSPS) is 33.3. The van der Waals surface area contributed by atoms with Gasteiger partial charge in [-0.1, -0.05) is 12.2 Å². The smallest absolute Gasteiger partial charge is 0.151 e. The topological polar surface area (TPSA) is 86.3 Å². The van der Waals surface area contributed by atoms with Crippen molar-refractivity contribution < 1.29 is 14.2 Å². The summed E-state index contributed by atoms with van der Waals surface area (Å²) in [6.07, 6.45) is 4.16. The number of epoxide rings is 2. The molecule has 96 valence electrons. The largest absolute Gasteiger partial charge is 0.368 e. The van der Waals surface area contributed by atoms with Crippen molar-refractivity contribution in [1.82, 2.24) is 0 Å². The lowest BCUT2D eigenvalue weighted by atomic mass is 10.0. The van der Waals surface area contributed by atoms with E-state index in [1.807, 2.05) is 0 Å². The summed E-state index contributed by atoms with van der Waals surface area (Å²) in [4.78, 5) is 0. The van der Waals surface area contributed by atoms with Crippen LogP contribution in [-0.2, 0) is 14.2 Å². The van der Waals surface area contributed by atoms with Crippen LogP contribution in [0.5, 0.6) is 0 Å². The Morgan fingerprint density at radius 2 is 1.41 bits per heavy atom. The first-order chi connectivity index (χ1) is 8.04. The summed E-state index contributed by atoms with van der Waals surface area (Å²) in [6.45, 7) is 8.56. The highest BCUT2D eigenvalue weighted by Gasteiger charge is 2.53. The Balaban J connectivity index is 2.08.